The minimum atomic E-state index is -2.33. The van der Waals surface area contributed by atoms with E-state index in [2.05, 4.69) is 10.3 Å². The molecule has 0 bridgehead atoms. The van der Waals surface area contributed by atoms with Crippen molar-refractivity contribution in [3.05, 3.63) is 75.5 Å². The molecule has 1 aliphatic heterocycles. The molecule has 0 saturated carbocycles. The van der Waals surface area contributed by atoms with Gasteiger partial charge >= 0.3 is 0 Å². The first-order valence-corrected chi connectivity index (χ1v) is 15.0. The van der Waals surface area contributed by atoms with Crippen molar-refractivity contribution in [2.24, 2.45) is 0 Å². The van der Waals surface area contributed by atoms with Crippen LogP contribution in [0.15, 0.2) is 36.5 Å². The van der Waals surface area contributed by atoms with Gasteiger partial charge in [0.15, 0.2) is 17.9 Å². The highest BCUT2D eigenvalue weighted by atomic mass is 16.7. The highest BCUT2D eigenvalue weighted by molar-refractivity contribution is 6.31. The Bertz CT molecular complexity index is 1840. The zero-order chi connectivity index (χ0) is 34.7. The Kier molecular flexibility index (Phi) is 8.43. The van der Waals surface area contributed by atoms with Gasteiger partial charge in [0.05, 0.1) is 47.6 Å². The number of aliphatic hydroxyl groups excluding tert-OH is 2. The molecule has 0 unspecified atom stereocenters. The average Bonchev–Trinajstić information content (AvgIpc) is 3.06. The summed E-state index contributed by atoms with van der Waals surface area (Å²) in [5.41, 5.74) is 1.76. The van der Waals surface area contributed by atoms with Gasteiger partial charge in [-0.05, 0) is 25.1 Å². The number of nitrogens with two attached hydrogens (primary N) is 1. The number of benzene rings is 2. The summed E-state index contributed by atoms with van der Waals surface area (Å²) in [5, 5.41) is 57.9. The van der Waals surface area contributed by atoms with Crippen LogP contribution in [0.5, 0.6) is 17.2 Å². The van der Waals surface area contributed by atoms with Crippen molar-refractivity contribution in [2.75, 3.05) is 19.5 Å². The summed E-state index contributed by atoms with van der Waals surface area (Å²) in [4.78, 5) is 57.2. The number of fused-ring (bicyclic) bond motifs is 3. The van der Waals surface area contributed by atoms with E-state index >= 15 is 0 Å². The maximum Gasteiger partial charge on any atom is 0.253 e. The highest BCUT2D eigenvalue weighted by Crippen LogP contribution is 2.52. The lowest BCUT2D eigenvalue weighted by molar-refractivity contribution is -0.249. The lowest BCUT2D eigenvalue weighted by Gasteiger charge is -2.43. The van der Waals surface area contributed by atoms with Crippen LogP contribution in [-0.2, 0) is 20.7 Å². The van der Waals surface area contributed by atoms with E-state index in [0.29, 0.717) is 0 Å². The number of anilines is 1. The molecule has 15 nitrogen and oxygen atoms in total. The number of phenols is 2. The lowest BCUT2D eigenvalue weighted by Crippen LogP contribution is -2.55. The molecule has 2 aliphatic carbocycles. The number of aromatic nitrogens is 1. The Labute approximate surface area is 272 Å². The fourth-order valence-corrected chi connectivity index (χ4v) is 6.65. The van der Waals surface area contributed by atoms with Gasteiger partial charge in [0.2, 0.25) is 5.78 Å². The van der Waals surface area contributed by atoms with Crippen LogP contribution in [0.25, 0.3) is 0 Å². The first-order valence-electron chi connectivity index (χ1n) is 15.0. The fraction of sp³-hybridized carbons (Fsp3) is 0.364. The number of rotatable bonds is 7. The van der Waals surface area contributed by atoms with E-state index in [1.165, 1.54) is 50.6 Å². The van der Waals surface area contributed by atoms with Crippen molar-refractivity contribution in [1.29, 1.82) is 0 Å². The summed E-state index contributed by atoms with van der Waals surface area (Å²) in [6, 6.07) is 6.27. The van der Waals surface area contributed by atoms with Crippen molar-refractivity contribution >= 4 is 29.1 Å². The van der Waals surface area contributed by atoms with Crippen molar-refractivity contribution in [1.82, 2.24) is 10.3 Å². The third kappa shape index (κ3) is 5.35. The second kappa shape index (κ2) is 12.3. The van der Waals surface area contributed by atoms with Gasteiger partial charge in [0, 0.05) is 42.1 Å². The molecule has 0 radical (unpaired) electrons. The number of nitrogens with one attached hydrogen (secondary N) is 1. The molecular weight excluding hydrogens is 630 g/mol. The number of phenolic OH excluding ortho intramolecular Hbond substituents is 2. The Hall–Kier alpha value is -4.93. The summed E-state index contributed by atoms with van der Waals surface area (Å²) < 4.78 is 17.4. The number of hydrogen-bond donors (Lipinski definition) is 7. The Morgan fingerprint density at radius 3 is 2.50 bits per heavy atom. The molecule has 6 rings (SSSR count). The second-order valence-electron chi connectivity index (χ2n) is 12.0. The quantitative estimate of drug-likeness (QED) is 0.133. The molecule has 252 valence electrons. The van der Waals surface area contributed by atoms with E-state index in [9.17, 15) is 44.7 Å². The largest absolute Gasteiger partial charge is 0.507 e. The Morgan fingerprint density at radius 1 is 1.10 bits per heavy atom. The van der Waals surface area contributed by atoms with Gasteiger partial charge in [-0.2, -0.15) is 0 Å². The molecule has 2 aromatic carbocycles. The van der Waals surface area contributed by atoms with E-state index < -0.39 is 102 Å². The number of aliphatic hydroxyl groups is 3. The molecule has 8 N–H and O–H groups in total. The van der Waals surface area contributed by atoms with Gasteiger partial charge < -0.3 is 50.8 Å². The van der Waals surface area contributed by atoms with E-state index in [-0.39, 0.29) is 45.8 Å². The predicted octanol–water partition coefficient (Wildman–Crippen LogP) is 0.450. The normalized spacial score (nSPS) is 26.2. The van der Waals surface area contributed by atoms with E-state index in [1.54, 1.807) is 0 Å². The molecule has 1 fully saturated rings. The molecule has 6 atom stereocenters. The van der Waals surface area contributed by atoms with Crippen LogP contribution in [0, 0.1) is 0 Å². The number of carbonyl (C=O) groups is 4. The zero-order valence-corrected chi connectivity index (χ0v) is 25.8. The Balaban J connectivity index is 1.40. The number of hydrogen-bond acceptors (Lipinski definition) is 14. The van der Waals surface area contributed by atoms with Gasteiger partial charge in [-0.3, -0.25) is 19.2 Å². The molecule has 1 saturated heterocycles. The number of ketones is 3. The number of ether oxygens (including phenoxy) is 3. The van der Waals surface area contributed by atoms with Crippen molar-refractivity contribution in [3.63, 3.8) is 0 Å². The maximum atomic E-state index is 13.8. The molecule has 15 heteroatoms. The third-order valence-corrected chi connectivity index (χ3v) is 9.13. The molecule has 2 heterocycles. The van der Waals surface area contributed by atoms with Gasteiger partial charge in [-0.15, -0.1) is 0 Å². The van der Waals surface area contributed by atoms with Crippen LogP contribution < -0.4 is 15.8 Å². The number of methoxy groups -OCH3 is 1. The Morgan fingerprint density at radius 2 is 1.83 bits per heavy atom. The standard InChI is InChI=1S/C33H33N3O12/c1-13-27(39)17(36-32(44)14-6-7-21(34)35-11-14)8-22(47-13)48-19-10-33(45,20(38)12-37)9-16-24(19)31(43)26-25(29(16)41)28(40)15-4-3-5-18(46-2)23(15)30(26)42/h3-7,11,13,17,19,22,27,37,39,41,43,45H,8-10,12H2,1-2H3,(H2,34,35)(H,36,44)/t13-,17-,19-,22-,27-,33-/m0/s1. The fourth-order valence-electron chi connectivity index (χ4n) is 6.65. The van der Waals surface area contributed by atoms with Gasteiger partial charge in [-0.25, -0.2) is 4.98 Å². The number of Topliss-reactive ketones (excluding diaryl/α,β-unsaturated/α-hetero) is 1. The van der Waals surface area contributed by atoms with Crippen molar-refractivity contribution in [2.45, 2.75) is 62.4 Å². The topological polar surface area (TPSA) is 248 Å². The summed E-state index contributed by atoms with van der Waals surface area (Å²) in [5.74, 6) is -4.41. The molecule has 48 heavy (non-hydrogen) atoms. The SMILES string of the molecule is COc1cccc2c1C(=O)c1c(O)c3c(c(O)c1C2=O)C[C@@](O)(C(=O)CO)C[C@@H]3O[C@H]1C[C@H](NC(=O)c2ccc(N)nc2)[C@@H](O)[C@H](C)O1. The van der Waals surface area contributed by atoms with Gasteiger partial charge in [0.1, 0.15) is 41.4 Å². The van der Waals surface area contributed by atoms with Crippen LogP contribution in [0.4, 0.5) is 5.82 Å². The van der Waals surface area contributed by atoms with Gasteiger partial charge in [-0.1, -0.05) is 12.1 Å². The van der Waals surface area contributed by atoms with Gasteiger partial charge in [0.25, 0.3) is 5.91 Å². The molecule has 0 spiro atoms. The van der Waals surface area contributed by atoms with E-state index in [1.807, 2.05) is 0 Å². The number of aromatic hydroxyl groups is 2. The minimum absolute atomic E-state index is 0.0646. The third-order valence-electron chi connectivity index (χ3n) is 9.13. The van der Waals surface area contributed by atoms with Crippen LogP contribution >= 0.6 is 0 Å². The predicted molar refractivity (Wildman–Crippen MR) is 164 cm³/mol. The lowest BCUT2D eigenvalue weighted by atomic mass is 9.72. The minimum Gasteiger partial charge on any atom is -0.507 e. The molecule has 3 aromatic rings. The number of nitrogens with zero attached hydrogens (tertiary/aromatic N) is 1. The molecule has 3 aliphatic rings. The van der Waals surface area contributed by atoms with Crippen molar-refractivity contribution in [3.8, 4) is 17.2 Å². The summed E-state index contributed by atoms with van der Waals surface area (Å²) in [7, 11) is 1.31. The monoisotopic (exact) mass is 663 g/mol. The first kappa shape index (κ1) is 33.0. The molecule has 1 aromatic heterocycles. The maximum absolute atomic E-state index is 13.8. The summed E-state index contributed by atoms with van der Waals surface area (Å²) in [6.45, 7) is 0.456. The van der Waals surface area contributed by atoms with E-state index in [0.717, 1.165) is 0 Å². The van der Waals surface area contributed by atoms with Crippen LogP contribution in [0.1, 0.15) is 79.2 Å². The number of pyridine rings is 1. The molecular formula is C33H33N3O12. The van der Waals surface area contributed by atoms with Crippen LogP contribution in [0.3, 0.4) is 0 Å². The molecule has 1 amide bonds. The van der Waals surface area contributed by atoms with Crippen LogP contribution in [0.2, 0.25) is 0 Å². The average molecular weight is 664 g/mol. The number of carbonyl (C=O) groups excluding carboxylic acids is 4. The van der Waals surface area contributed by atoms with Crippen molar-refractivity contribution < 1.29 is 58.9 Å². The number of nitrogen functional groups attached to an aromatic ring is 1. The summed E-state index contributed by atoms with van der Waals surface area (Å²) in [6.07, 6.45) is -4.87. The van der Waals surface area contributed by atoms with E-state index in [4.69, 9.17) is 19.9 Å². The zero-order valence-electron chi connectivity index (χ0n) is 25.8. The smallest absolute Gasteiger partial charge is 0.253 e. The highest BCUT2D eigenvalue weighted by Gasteiger charge is 2.50. The number of amides is 1. The first-order chi connectivity index (χ1) is 22.8. The van der Waals surface area contributed by atoms with Crippen LogP contribution in [-0.4, -0.2) is 97.6 Å². The second-order valence-corrected chi connectivity index (χ2v) is 12.0. The summed E-state index contributed by atoms with van der Waals surface area (Å²) >= 11 is 0.